The van der Waals surface area contributed by atoms with E-state index in [1.165, 1.54) is 39.3 Å². The summed E-state index contributed by atoms with van der Waals surface area (Å²) in [6, 6.07) is 19.8. The number of piperazine rings is 1. The zero-order valence-electron chi connectivity index (χ0n) is 17.3. The van der Waals surface area contributed by atoms with Crippen molar-refractivity contribution < 1.29 is 0 Å². The molecule has 1 saturated heterocycles. The SMILES string of the molecule is Cc1cc(C)cc(N2CCN(CCc3cc(-c4ccccc4)[nH]c3C)CC2)c1. The van der Waals surface area contributed by atoms with Crippen LogP contribution in [0.5, 0.6) is 0 Å². The van der Waals surface area contributed by atoms with Crippen LogP contribution in [0.1, 0.15) is 22.4 Å². The number of aromatic amines is 1. The summed E-state index contributed by atoms with van der Waals surface area (Å²) >= 11 is 0. The van der Waals surface area contributed by atoms with Gasteiger partial charge in [0.05, 0.1) is 0 Å². The second-order valence-electron chi connectivity index (χ2n) is 8.12. The molecule has 1 N–H and O–H groups in total. The lowest BCUT2D eigenvalue weighted by Gasteiger charge is -2.36. The smallest absolute Gasteiger partial charge is 0.0458 e. The van der Waals surface area contributed by atoms with Crippen LogP contribution in [0.2, 0.25) is 0 Å². The van der Waals surface area contributed by atoms with E-state index in [0.717, 1.165) is 39.1 Å². The van der Waals surface area contributed by atoms with Crippen LogP contribution in [0.3, 0.4) is 0 Å². The summed E-state index contributed by atoms with van der Waals surface area (Å²) in [5.74, 6) is 0. The highest BCUT2D eigenvalue weighted by Gasteiger charge is 2.18. The Morgan fingerprint density at radius 1 is 0.821 bits per heavy atom. The molecule has 0 unspecified atom stereocenters. The van der Waals surface area contributed by atoms with Crippen LogP contribution in [0.4, 0.5) is 5.69 Å². The van der Waals surface area contributed by atoms with Gasteiger partial charge >= 0.3 is 0 Å². The Bertz CT molecular complexity index is 898. The maximum atomic E-state index is 3.56. The minimum atomic E-state index is 1.11. The number of aromatic nitrogens is 1. The number of rotatable bonds is 5. The normalized spacial score (nSPS) is 15.2. The lowest BCUT2D eigenvalue weighted by molar-refractivity contribution is 0.261. The Morgan fingerprint density at radius 3 is 2.18 bits per heavy atom. The molecule has 0 saturated carbocycles. The number of anilines is 1. The maximum absolute atomic E-state index is 3.56. The Morgan fingerprint density at radius 2 is 1.50 bits per heavy atom. The first-order chi connectivity index (χ1) is 13.6. The average molecular weight is 374 g/mol. The number of hydrogen-bond acceptors (Lipinski definition) is 2. The van der Waals surface area contributed by atoms with E-state index in [-0.39, 0.29) is 0 Å². The van der Waals surface area contributed by atoms with Gasteiger partial charge in [0.1, 0.15) is 0 Å². The second-order valence-corrected chi connectivity index (χ2v) is 8.12. The van der Waals surface area contributed by atoms with E-state index in [0.29, 0.717) is 0 Å². The first-order valence-corrected chi connectivity index (χ1v) is 10.4. The molecule has 0 atom stereocenters. The zero-order valence-corrected chi connectivity index (χ0v) is 17.3. The summed E-state index contributed by atoms with van der Waals surface area (Å²) in [4.78, 5) is 8.70. The molecule has 3 aromatic rings. The number of hydrogen-bond donors (Lipinski definition) is 1. The summed E-state index contributed by atoms with van der Waals surface area (Å²) in [6.45, 7) is 12.2. The van der Waals surface area contributed by atoms with Gasteiger partial charge in [0.2, 0.25) is 0 Å². The van der Waals surface area contributed by atoms with Gasteiger partial charge in [0, 0.05) is 49.8 Å². The summed E-state index contributed by atoms with van der Waals surface area (Å²) in [7, 11) is 0. The van der Waals surface area contributed by atoms with Gasteiger partial charge in [-0.15, -0.1) is 0 Å². The molecular formula is C25H31N3. The van der Waals surface area contributed by atoms with Crippen molar-refractivity contribution in [2.75, 3.05) is 37.6 Å². The molecule has 4 rings (SSSR count). The van der Waals surface area contributed by atoms with Crippen molar-refractivity contribution in [3.63, 3.8) is 0 Å². The maximum Gasteiger partial charge on any atom is 0.0458 e. The Labute approximate surface area is 169 Å². The van der Waals surface area contributed by atoms with Crippen molar-refractivity contribution in [3.05, 3.63) is 77.0 Å². The first-order valence-electron chi connectivity index (χ1n) is 10.4. The van der Waals surface area contributed by atoms with E-state index in [9.17, 15) is 0 Å². The summed E-state index contributed by atoms with van der Waals surface area (Å²) in [5, 5.41) is 0. The second kappa shape index (κ2) is 8.24. The minimum Gasteiger partial charge on any atom is -0.369 e. The van der Waals surface area contributed by atoms with Crippen molar-refractivity contribution >= 4 is 5.69 Å². The van der Waals surface area contributed by atoms with Crippen LogP contribution >= 0.6 is 0 Å². The molecule has 2 heterocycles. The van der Waals surface area contributed by atoms with Gasteiger partial charge < -0.3 is 9.88 Å². The lowest BCUT2D eigenvalue weighted by atomic mass is 10.1. The predicted molar refractivity (Wildman–Crippen MR) is 119 cm³/mol. The fraction of sp³-hybridized carbons (Fsp3) is 0.360. The number of nitrogens with one attached hydrogen (secondary N) is 1. The van der Waals surface area contributed by atoms with Crippen LogP contribution in [-0.2, 0) is 6.42 Å². The Balaban J connectivity index is 1.33. The number of nitrogens with zero attached hydrogens (tertiary/aromatic N) is 2. The van der Waals surface area contributed by atoms with Gasteiger partial charge in [-0.1, -0.05) is 36.4 Å². The Kier molecular flexibility index (Phi) is 5.54. The molecule has 0 radical (unpaired) electrons. The molecule has 0 spiro atoms. The topological polar surface area (TPSA) is 22.3 Å². The van der Waals surface area contributed by atoms with Crippen LogP contribution < -0.4 is 4.90 Å². The largest absolute Gasteiger partial charge is 0.369 e. The zero-order chi connectivity index (χ0) is 19.5. The van der Waals surface area contributed by atoms with Gasteiger partial charge in [-0.2, -0.15) is 0 Å². The van der Waals surface area contributed by atoms with Crippen molar-refractivity contribution in [3.8, 4) is 11.3 Å². The third kappa shape index (κ3) is 4.31. The highest BCUT2D eigenvalue weighted by atomic mass is 15.3. The molecule has 3 heteroatoms. The van der Waals surface area contributed by atoms with E-state index in [4.69, 9.17) is 0 Å². The molecule has 1 fully saturated rings. The third-order valence-corrected chi connectivity index (χ3v) is 5.85. The molecule has 1 aliphatic heterocycles. The van der Waals surface area contributed by atoms with E-state index >= 15 is 0 Å². The van der Waals surface area contributed by atoms with E-state index < -0.39 is 0 Å². The highest BCUT2D eigenvalue weighted by molar-refractivity contribution is 5.61. The van der Waals surface area contributed by atoms with Gasteiger partial charge in [-0.25, -0.2) is 0 Å². The molecule has 2 aromatic carbocycles. The van der Waals surface area contributed by atoms with Gasteiger partial charge in [0.25, 0.3) is 0 Å². The standard InChI is InChI=1S/C25H31N3/c1-19-15-20(2)17-24(16-19)28-13-11-27(12-14-28)10-9-23-18-25(26-21(23)3)22-7-5-4-6-8-22/h4-8,15-18,26H,9-14H2,1-3H3. The van der Waals surface area contributed by atoms with Crippen LogP contribution in [0, 0.1) is 20.8 Å². The van der Waals surface area contributed by atoms with Crippen molar-refractivity contribution in [2.45, 2.75) is 27.2 Å². The molecule has 1 aliphatic rings. The van der Waals surface area contributed by atoms with Crippen molar-refractivity contribution in [2.24, 2.45) is 0 Å². The quantitative estimate of drug-likeness (QED) is 0.682. The van der Waals surface area contributed by atoms with Crippen LogP contribution in [0.25, 0.3) is 11.3 Å². The Hall–Kier alpha value is -2.52. The summed E-state index contributed by atoms with van der Waals surface area (Å²) in [6.07, 6.45) is 1.11. The molecule has 0 aliphatic carbocycles. The summed E-state index contributed by atoms with van der Waals surface area (Å²) in [5.41, 5.74) is 9.32. The van der Waals surface area contributed by atoms with E-state index in [2.05, 4.69) is 90.2 Å². The van der Waals surface area contributed by atoms with Gasteiger partial charge in [-0.05, 0) is 67.6 Å². The van der Waals surface area contributed by atoms with Gasteiger partial charge in [-0.3, -0.25) is 4.90 Å². The molecule has 0 amide bonds. The van der Waals surface area contributed by atoms with Crippen LogP contribution in [0.15, 0.2) is 54.6 Å². The molecule has 3 nitrogen and oxygen atoms in total. The van der Waals surface area contributed by atoms with Crippen LogP contribution in [-0.4, -0.2) is 42.6 Å². The number of aryl methyl sites for hydroxylation is 3. The highest BCUT2D eigenvalue weighted by Crippen LogP contribution is 2.23. The first kappa shape index (κ1) is 18.8. The van der Waals surface area contributed by atoms with E-state index in [1.54, 1.807) is 0 Å². The average Bonchev–Trinajstić information content (AvgIpc) is 3.07. The fourth-order valence-electron chi connectivity index (χ4n) is 4.28. The lowest BCUT2D eigenvalue weighted by Crippen LogP contribution is -2.47. The predicted octanol–water partition coefficient (Wildman–Crippen LogP) is 4.97. The molecule has 1 aromatic heterocycles. The number of benzene rings is 2. The number of H-pyrrole nitrogens is 1. The van der Waals surface area contributed by atoms with Gasteiger partial charge in [0.15, 0.2) is 0 Å². The third-order valence-electron chi connectivity index (χ3n) is 5.85. The van der Waals surface area contributed by atoms with E-state index in [1.807, 2.05) is 0 Å². The van der Waals surface area contributed by atoms with Crippen molar-refractivity contribution in [1.29, 1.82) is 0 Å². The van der Waals surface area contributed by atoms with Crippen molar-refractivity contribution in [1.82, 2.24) is 9.88 Å². The molecular weight excluding hydrogens is 342 g/mol. The monoisotopic (exact) mass is 373 g/mol. The molecule has 0 bridgehead atoms. The minimum absolute atomic E-state index is 1.11. The fourth-order valence-corrected chi connectivity index (χ4v) is 4.28. The molecule has 146 valence electrons. The summed E-state index contributed by atoms with van der Waals surface area (Å²) < 4.78 is 0. The molecule has 28 heavy (non-hydrogen) atoms.